The van der Waals surface area contributed by atoms with Crippen molar-refractivity contribution in [2.24, 2.45) is 0 Å². The topological polar surface area (TPSA) is 49.4 Å². The van der Waals surface area contributed by atoms with E-state index in [2.05, 4.69) is 17.3 Å². The summed E-state index contributed by atoms with van der Waals surface area (Å²) in [6.45, 7) is 1.95. The molecule has 1 fully saturated rings. The fourth-order valence-corrected chi connectivity index (χ4v) is 5.28. The van der Waals surface area contributed by atoms with Crippen LogP contribution in [0.4, 0.5) is 14.5 Å². The van der Waals surface area contributed by atoms with Gasteiger partial charge in [0.2, 0.25) is 9.84 Å². The van der Waals surface area contributed by atoms with Crippen molar-refractivity contribution in [3.63, 3.8) is 0 Å². The zero-order valence-corrected chi connectivity index (χ0v) is 15.2. The fourth-order valence-electron chi connectivity index (χ4n) is 3.94. The predicted octanol–water partition coefficient (Wildman–Crippen LogP) is 3.40. The molecule has 7 heteroatoms. The van der Waals surface area contributed by atoms with Gasteiger partial charge in [0, 0.05) is 23.7 Å². The van der Waals surface area contributed by atoms with Crippen molar-refractivity contribution < 1.29 is 17.2 Å². The number of hydrogen-bond acceptors (Lipinski definition) is 4. The van der Waals surface area contributed by atoms with Gasteiger partial charge in [0.1, 0.15) is 11.6 Å². The lowest BCUT2D eigenvalue weighted by Gasteiger charge is -2.16. The van der Waals surface area contributed by atoms with Gasteiger partial charge in [0.05, 0.1) is 9.79 Å². The summed E-state index contributed by atoms with van der Waals surface area (Å²) in [7, 11) is -1.90. The highest BCUT2D eigenvalue weighted by Gasteiger charge is 2.35. The minimum absolute atomic E-state index is 0.0706. The summed E-state index contributed by atoms with van der Waals surface area (Å²) >= 11 is 0. The molecule has 2 aromatic carbocycles. The minimum Gasteiger partial charge on any atom is -0.381 e. The Labute approximate surface area is 151 Å². The van der Waals surface area contributed by atoms with Crippen LogP contribution in [-0.2, 0) is 9.84 Å². The van der Waals surface area contributed by atoms with Crippen molar-refractivity contribution in [3.05, 3.63) is 53.6 Å². The average Bonchev–Trinajstić information content (AvgIpc) is 2.83. The molecule has 0 amide bonds. The van der Waals surface area contributed by atoms with Crippen LogP contribution in [0.1, 0.15) is 24.3 Å². The second-order valence-corrected chi connectivity index (χ2v) is 9.05. The maximum absolute atomic E-state index is 13.5. The van der Waals surface area contributed by atoms with E-state index in [9.17, 15) is 17.2 Å². The van der Waals surface area contributed by atoms with E-state index >= 15 is 0 Å². The molecule has 1 N–H and O–H groups in total. The van der Waals surface area contributed by atoms with Crippen LogP contribution in [0.2, 0.25) is 0 Å². The van der Waals surface area contributed by atoms with Gasteiger partial charge in [-0.1, -0.05) is 0 Å². The minimum atomic E-state index is -3.98. The molecule has 138 valence electrons. The van der Waals surface area contributed by atoms with Crippen LogP contribution < -0.4 is 5.32 Å². The largest absolute Gasteiger partial charge is 0.381 e. The third-order valence-corrected chi connectivity index (χ3v) is 7.08. The van der Waals surface area contributed by atoms with E-state index in [0.29, 0.717) is 12.1 Å². The van der Waals surface area contributed by atoms with Gasteiger partial charge in [-0.2, -0.15) is 0 Å². The Balaban J connectivity index is 1.74. The van der Waals surface area contributed by atoms with E-state index in [0.717, 1.165) is 49.3 Å². The molecular weight excluding hydrogens is 358 g/mol. The Morgan fingerprint density at radius 1 is 1.00 bits per heavy atom. The molecule has 4 nitrogen and oxygen atoms in total. The predicted molar refractivity (Wildman–Crippen MR) is 95.1 cm³/mol. The monoisotopic (exact) mass is 378 g/mol. The van der Waals surface area contributed by atoms with Crippen LogP contribution in [0.15, 0.2) is 46.2 Å². The lowest BCUT2D eigenvalue weighted by molar-refractivity contribution is 0.346. The summed E-state index contributed by atoms with van der Waals surface area (Å²) in [5.41, 5.74) is 1.93. The van der Waals surface area contributed by atoms with E-state index < -0.39 is 21.5 Å². The molecule has 4 rings (SSSR count). The first kappa shape index (κ1) is 17.4. The van der Waals surface area contributed by atoms with Crippen LogP contribution in [-0.4, -0.2) is 39.5 Å². The Morgan fingerprint density at radius 2 is 1.69 bits per heavy atom. The third kappa shape index (κ3) is 2.99. The summed E-state index contributed by atoms with van der Waals surface area (Å²) < 4.78 is 52.7. The highest BCUT2D eigenvalue weighted by molar-refractivity contribution is 7.91. The number of nitrogens with zero attached hydrogens (tertiary/aromatic N) is 1. The van der Waals surface area contributed by atoms with Gasteiger partial charge in [0.25, 0.3) is 0 Å². The van der Waals surface area contributed by atoms with Gasteiger partial charge >= 0.3 is 0 Å². The average molecular weight is 378 g/mol. The molecule has 2 aromatic rings. The first-order valence-electron chi connectivity index (χ1n) is 8.65. The number of halogens is 2. The van der Waals surface area contributed by atoms with E-state index in [4.69, 9.17) is 0 Å². The number of fused-ring (bicyclic) bond motifs is 3. The lowest BCUT2D eigenvalue weighted by Crippen LogP contribution is -2.22. The smallest absolute Gasteiger partial charge is 0.206 e. The molecule has 0 unspecified atom stereocenters. The van der Waals surface area contributed by atoms with Crippen molar-refractivity contribution in [1.82, 2.24) is 4.90 Å². The van der Waals surface area contributed by atoms with Crippen molar-refractivity contribution in [2.75, 3.05) is 25.5 Å². The van der Waals surface area contributed by atoms with Crippen molar-refractivity contribution in [3.8, 4) is 0 Å². The maximum atomic E-state index is 13.5. The molecule has 2 aliphatic rings. The van der Waals surface area contributed by atoms with Gasteiger partial charge < -0.3 is 10.2 Å². The quantitative estimate of drug-likeness (QED) is 0.870. The van der Waals surface area contributed by atoms with E-state index in [1.165, 1.54) is 6.07 Å². The second kappa shape index (κ2) is 6.32. The number of anilines is 1. The van der Waals surface area contributed by atoms with Crippen LogP contribution in [0.3, 0.4) is 0 Å². The van der Waals surface area contributed by atoms with E-state index in [1.54, 1.807) is 12.1 Å². The number of hydrogen-bond donors (Lipinski definition) is 1. The van der Waals surface area contributed by atoms with Crippen LogP contribution in [0, 0.1) is 11.6 Å². The highest BCUT2D eigenvalue weighted by atomic mass is 32.2. The van der Waals surface area contributed by atoms with Crippen LogP contribution >= 0.6 is 0 Å². The lowest BCUT2D eigenvalue weighted by atomic mass is 9.91. The number of rotatable bonds is 2. The van der Waals surface area contributed by atoms with Gasteiger partial charge in [0.15, 0.2) is 0 Å². The molecule has 2 aliphatic heterocycles. The Hall–Kier alpha value is -1.99. The van der Waals surface area contributed by atoms with Gasteiger partial charge in [-0.3, -0.25) is 0 Å². The van der Waals surface area contributed by atoms with Crippen molar-refractivity contribution in [1.29, 1.82) is 0 Å². The summed E-state index contributed by atoms with van der Waals surface area (Å²) in [5.74, 6) is -1.56. The van der Waals surface area contributed by atoms with Crippen molar-refractivity contribution >= 4 is 15.5 Å². The Bertz CT molecular complexity index is 942. The SMILES string of the molecule is CN1CC[C@@H]2c3cc(S(=O)(=O)c4cc(F)cc(F)c4)ccc3N[C@@H]2CC1. The normalized spacial score (nSPS) is 23.0. The molecule has 0 saturated carbocycles. The molecule has 1 saturated heterocycles. The van der Waals surface area contributed by atoms with Crippen LogP contribution in [0.25, 0.3) is 0 Å². The number of likely N-dealkylation sites (tertiary alicyclic amines) is 1. The summed E-state index contributed by atoms with van der Waals surface area (Å²) in [5, 5.41) is 3.49. The molecule has 26 heavy (non-hydrogen) atoms. The highest BCUT2D eigenvalue weighted by Crippen LogP contribution is 2.42. The summed E-state index contributed by atoms with van der Waals surface area (Å²) in [4.78, 5) is 1.98. The molecule has 2 atom stereocenters. The number of benzene rings is 2. The first-order chi connectivity index (χ1) is 12.3. The fraction of sp³-hybridized carbons (Fsp3) is 0.368. The van der Waals surface area contributed by atoms with E-state index in [-0.39, 0.29) is 15.7 Å². The number of sulfone groups is 1. The molecule has 0 spiro atoms. The molecule has 0 bridgehead atoms. The van der Waals surface area contributed by atoms with Gasteiger partial charge in [-0.05, 0) is 68.9 Å². The maximum Gasteiger partial charge on any atom is 0.206 e. The zero-order valence-electron chi connectivity index (χ0n) is 14.4. The second-order valence-electron chi connectivity index (χ2n) is 7.10. The third-order valence-electron chi connectivity index (χ3n) is 5.35. The molecule has 0 radical (unpaired) electrons. The summed E-state index contributed by atoms with van der Waals surface area (Å²) in [6, 6.07) is 7.59. The molecular formula is C19H20F2N2O2S. The first-order valence-corrected chi connectivity index (χ1v) is 10.1. The molecule has 0 aliphatic carbocycles. The van der Waals surface area contributed by atoms with Crippen molar-refractivity contribution in [2.45, 2.75) is 34.6 Å². The Morgan fingerprint density at radius 3 is 2.42 bits per heavy atom. The molecule has 0 aromatic heterocycles. The van der Waals surface area contributed by atoms with E-state index in [1.807, 2.05) is 0 Å². The van der Waals surface area contributed by atoms with Crippen LogP contribution in [0.5, 0.6) is 0 Å². The van der Waals surface area contributed by atoms with Gasteiger partial charge in [-0.25, -0.2) is 17.2 Å². The Kier molecular flexibility index (Phi) is 4.23. The van der Waals surface area contributed by atoms with Gasteiger partial charge in [-0.15, -0.1) is 0 Å². The standard InChI is InChI=1S/C19H20F2N2O2S/c1-23-6-4-16-17-11-14(2-3-18(17)22-19(16)5-7-23)26(24,25)15-9-12(20)8-13(21)10-15/h2-3,8-11,16,19,22H,4-7H2,1H3/t16-,19-/m1/s1. The number of nitrogens with one attached hydrogen (secondary N) is 1. The molecule has 2 heterocycles. The summed E-state index contributed by atoms with van der Waals surface area (Å²) in [6.07, 6.45) is 1.94. The zero-order chi connectivity index (χ0) is 18.5.